The fraction of sp³-hybridized carbons (Fsp3) is 0.296. The number of carbonyl (C=O) groups is 1. The predicted octanol–water partition coefficient (Wildman–Crippen LogP) is 5.48. The molecule has 1 heterocycles. The molecule has 0 aliphatic carbocycles. The quantitative estimate of drug-likeness (QED) is 0.497. The Kier molecular flexibility index (Phi) is 6.35. The molecular formula is C27H29NO4. The molecule has 4 rings (SSSR count). The molecule has 1 aliphatic rings. The molecule has 166 valence electrons. The Morgan fingerprint density at radius 2 is 1.53 bits per heavy atom. The minimum atomic E-state index is -0.283. The summed E-state index contributed by atoms with van der Waals surface area (Å²) in [6.07, 6.45) is 0.308. The fourth-order valence-electron chi connectivity index (χ4n) is 4.21. The largest absolute Gasteiger partial charge is 0.497 e. The first kappa shape index (κ1) is 21.8. The summed E-state index contributed by atoms with van der Waals surface area (Å²) in [5.41, 5.74) is 5.04. The van der Waals surface area contributed by atoms with Gasteiger partial charge in [-0.05, 0) is 73.9 Å². The molecule has 0 saturated heterocycles. The van der Waals surface area contributed by atoms with Gasteiger partial charge in [-0.15, -0.1) is 0 Å². The first-order chi connectivity index (χ1) is 15.5. The molecule has 0 spiro atoms. The summed E-state index contributed by atoms with van der Waals surface area (Å²) < 4.78 is 17.1. The van der Waals surface area contributed by atoms with Gasteiger partial charge in [0, 0.05) is 5.69 Å². The fourth-order valence-corrected chi connectivity index (χ4v) is 4.21. The zero-order chi connectivity index (χ0) is 22.7. The predicted molar refractivity (Wildman–Crippen MR) is 126 cm³/mol. The second kappa shape index (κ2) is 9.35. The van der Waals surface area contributed by atoms with Crippen LogP contribution in [0.1, 0.15) is 42.1 Å². The highest BCUT2D eigenvalue weighted by molar-refractivity contribution is 5.98. The van der Waals surface area contributed by atoms with Gasteiger partial charge in [0.25, 0.3) is 0 Å². The lowest BCUT2D eigenvalue weighted by Gasteiger charge is -2.38. The van der Waals surface area contributed by atoms with Crippen molar-refractivity contribution in [3.63, 3.8) is 0 Å². The second-order valence-corrected chi connectivity index (χ2v) is 7.82. The van der Waals surface area contributed by atoms with Crippen LogP contribution in [0, 0.1) is 6.92 Å². The minimum Gasteiger partial charge on any atom is -0.497 e. The van der Waals surface area contributed by atoms with E-state index in [0.717, 1.165) is 33.7 Å². The van der Waals surface area contributed by atoms with E-state index in [1.807, 2.05) is 86.3 Å². The highest BCUT2D eigenvalue weighted by atomic mass is 16.5. The zero-order valence-corrected chi connectivity index (χ0v) is 19.1. The molecule has 5 heteroatoms. The first-order valence-electron chi connectivity index (χ1n) is 11.0. The lowest BCUT2D eigenvalue weighted by atomic mass is 9.86. The van der Waals surface area contributed by atoms with Crippen LogP contribution in [-0.2, 0) is 11.2 Å². The lowest BCUT2D eigenvalue weighted by molar-refractivity contribution is -0.118. The van der Waals surface area contributed by atoms with Crippen LogP contribution in [0.2, 0.25) is 0 Å². The molecule has 5 nitrogen and oxygen atoms in total. The van der Waals surface area contributed by atoms with Gasteiger partial charge in [-0.25, -0.2) is 0 Å². The molecule has 1 amide bonds. The van der Waals surface area contributed by atoms with E-state index in [1.54, 1.807) is 7.11 Å². The maximum absolute atomic E-state index is 13.5. The number of aryl methyl sites for hydroxylation is 1. The minimum absolute atomic E-state index is 0.0498. The van der Waals surface area contributed by atoms with Crippen LogP contribution in [0.25, 0.3) is 0 Å². The number of methoxy groups -OCH3 is 1. The van der Waals surface area contributed by atoms with Gasteiger partial charge in [-0.1, -0.05) is 29.8 Å². The second-order valence-electron chi connectivity index (χ2n) is 7.82. The summed E-state index contributed by atoms with van der Waals surface area (Å²) in [4.78, 5) is 15.3. The molecule has 32 heavy (non-hydrogen) atoms. The van der Waals surface area contributed by atoms with Crippen molar-refractivity contribution >= 4 is 11.6 Å². The van der Waals surface area contributed by atoms with Gasteiger partial charge in [0.2, 0.25) is 5.91 Å². The number of hydrogen-bond donors (Lipinski definition) is 0. The molecule has 1 atom stereocenters. The van der Waals surface area contributed by atoms with E-state index in [4.69, 9.17) is 14.2 Å². The highest BCUT2D eigenvalue weighted by Gasteiger charge is 2.36. The monoisotopic (exact) mass is 431 g/mol. The van der Waals surface area contributed by atoms with E-state index in [2.05, 4.69) is 0 Å². The van der Waals surface area contributed by atoms with E-state index in [1.165, 1.54) is 0 Å². The van der Waals surface area contributed by atoms with Crippen molar-refractivity contribution in [1.29, 1.82) is 0 Å². The third-order valence-electron chi connectivity index (χ3n) is 5.71. The summed E-state index contributed by atoms with van der Waals surface area (Å²) in [5, 5.41) is 0. The Morgan fingerprint density at radius 1 is 0.906 bits per heavy atom. The number of ether oxygens (including phenoxy) is 3. The van der Waals surface area contributed by atoms with Crippen LogP contribution in [0.3, 0.4) is 0 Å². The van der Waals surface area contributed by atoms with Gasteiger partial charge in [-0.3, -0.25) is 4.79 Å². The van der Waals surface area contributed by atoms with E-state index >= 15 is 0 Å². The summed E-state index contributed by atoms with van der Waals surface area (Å²) >= 11 is 0. The maximum Gasteiger partial charge on any atom is 0.232 e. The topological polar surface area (TPSA) is 48.0 Å². The van der Waals surface area contributed by atoms with Crippen LogP contribution in [0.4, 0.5) is 5.69 Å². The normalized spacial score (nSPS) is 15.3. The number of fused-ring (bicyclic) bond motifs is 1. The van der Waals surface area contributed by atoms with Crippen LogP contribution in [0.5, 0.6) is 17.2 Å². The molecule has 0 bridgehead atoms. The standard InChI is InChI=1S/C27H29NO4/c1-5-31-24-15-20-16-26(29)28(21-11-7-18(3)8-12-21)27(23(20)17-25(24)32-6-2)19-9-13-22(30-4)14-10-19/h7-15,17,27H,5-6,16H2,1-4H3/t27-/m0/s1. The Morgan fingerprint density at radius 3 is 2.12 bits per heavy atom. The van der Waals surface area contributed by atoms with Gasteiger partial charge >= 0.3 is 0 Å². The van der Waals surface area contributed by atoms with Gasteiger partial charge in [0.05, 0.1) is 32.8 Å². The Hall–Kier alpha value is -3.47. The Balaban J connectivity index is 1.90. The number of benzene rings is 3. The van der Waals surface area contributed by atoms with Crippen LogP contribution in [-0.4, -0.2) is 26.2 Å². The van der Waals surface area contributed by atoms with Crippen molar-refractivity contribution in [3.05, 3.63) is 82.9 Å². The Bertz CT molecular complexity index is 1090. The molecule has 0 radical (unpaired) electrons. The summed E-state index contributed by atoms with van der Waals surface area (Å²) in [7, 11) is 1.65. The van der Waals surface area contributed by atoms with E-state index in [9.17, 15) is 4.79 Å². The summed E-state index contributed by atoms with van der Waals surface area (Å²) in [6, 6.07) is 19.7. The molecule has 0 N–H and O–H groups in total. The van der Waals surface area contributed by atoms with Crippen molar-refractivity contribution in [3.8, 4) is 17.2 Å². The van der Waals surface area contributed by atoms with E-state index in [0.29, 0.717) is 31.1 Å². The van der Waals surface area contributed by atoms with Crippen LogP contribution in [0.15, 0.2) is 60.7 Å². The molecule has 3 aromatic carbocycles. The van der Waals surface area contributed by atoms with E-state index in [-0.39, 0.29) is 11.9 Å². The number of nitrogens with zero attached hydrogens (tertiary/aromatic N) is 1. The molecule has 1 aliphatic heterocycles. The SMILES string of the molecule is CCOc1cc2c(cc1OCC)[C@H](c1ccc(OC)cc1)N(c1ccc(C)cc1)C(=O)C2. The molecule has 0 unspecified atom stereocenters. The average Bonchev–Trinajstić information content (AvgIpc) is 2.80. The van der Waals surface area contributed by atoms with Crippen LogP contribution >= 0.6 is 0 Å². The molecule has 3 aromatic rings. The molecule has 0 fully saturated rings. The number of carbonyl (C=O) groups excluding carboxylic acids is 1. The van der Waals surface area contributed by atoms with Gasteiger partial charge in [0.15, 0.2) is 11.5 Å². The third-order valence-corrected chi connectivity index (χ3v) is 5.71. The summed E-state index contributed by atoms with van der Waals surface area (Å²) in [6.45, 7) is 7.01. The lowest BCUT2D eigenvalue weighted by Crippen LogP contribution is -2.41. The molecule has 0 aromatic heterocycles. The van der Waals surface area contributed by atoms with Gasteiger partial charge in [0.1, 0.15) is 5.75 Å². The molecule has 0 saturated carbocycles. The Labute approximate surface area is 189 Å². The van der Waals surface area contributed by atoms with Crippen molar-refractivity contribution in [2.75, 3.05) is 25.2 Å². The van der Waals surface area contributed by atoms with Crippen molar-refractivity contribution < 1.29 is 19.0 Å². The average molecular weight is 432 g/mol. The summed E-state index contributed by atoms with van der Waals surface area (Å²) in [5.74, 6) is 2.21. The third kappa shape index (κ3) is 4.15. The number of hydrogen-bond acceptors (Lipinski definition) is 4. The van der Waals surface area contributed by atoms with Crippen molar-refractivity contribution in [2.24, 2.45) is 0 Å². The first-order valence-corrected chi connectivity index (χ1v) is 11.0. The van der Waals surface area contributed by atoms with Crippen LogP contribution < -0.4 is 19.1 Å². The number of amides is 1. The maximum atomic E-state index is 13.5. The highest BCUT2D eigenvalue weighted by Crippen LogP contribution is 2.43. The number of anilines is 1. The molecular weight excluding hydrogens is 402 g/mol. The van der Waals surface area contributed by atoms with Crippen molar-refractivity contribution in [2.45, 2.75) is 33.2 Å². The van der Waals surface area contributed by atoms with Gasteiger partial charge < -0.3 is 19.1 Å². The van der Waals surface area contributed by atoms with Gasteiger partial charge in [-0.2, -0.15) is 0 Å². The van der Waals surface area contributed by atoms with E-state index < -0.39 is 0 Å². The zero-order valence-electron chi connectivity index (χ0n) is 19.1. The number of rotatable bonds is 7. The smallest absolute Gasteiger partial charge is 0.232 e. The van der Waals surface area contributed by atoms with Crippen molar-refractivity contribution in [1.82, 2.24) is 0 Å².